The molecule has 2 fully saturated rings. The molecule has 1 amide bonds. The normalized spacial score (nSPS) is 18.5. The lowest BCUT2D eigenvalue weighted by atomic mass is 9.83. The molecule has 2 aliphatic rings. The topological polar surface area (TPSA) is 56.2 Å². The molecule has 5 nitrogen and oxygen atoms in total. The van der Waals surface area contributed by atoms with Gasteiger partial charge in [0.05, 0.1) is 11.0 Å². The summed E-state index contributed by atoms with van der Waals surface area (Å²) < 4.78 is 22.3. The largest absolute Gasteiger partial charge is 0.486 e. The molecule has 5 rings (SSSR count). The highest BCUT2D eigenvalue weighted by molar-refractivity contribution is 5.85. The van der Waals surface area contributed by atoms with Gasteiger partial charge in [0.15, 0.2) is 0 Å². The van der Waals surface area contributed by atoms with Crippen molar-refractivity contribution < 1.29 is 13.9 Å². The fraction of sp³-hybridized carbons (Fsp3) is 0.517. The summed E-state index contributed by atoms with van der Waals surface area (Å²) in [6.45, 7) is 2.25. The lowest BCUT2D eigenvalue weighted by Crippen LogP contribution is -2.43. The van der Waals surface area contributed by atoms with Crippen LogP contribution in [-0.4, -0.2) is 21.5 Å². The van der Waals surface area contributed by atoms with Gasteiger partial charge in [-0.25, -0.2) is 9.37 Å². The van der Waals surface area contributed by atoms with Crippen molar-refractivity contribution in [2.75, 3.05) is 0 Å². The van der Waals surface area contributed by atoms with Gasteiger partial charge in [0.1, 0.15) is 30.0 Å². The first-order valence-electron chi connectivity index (χ1n) is 13.2. The number of carbonyl (C=O) groups is 1. The van der Waals surface area contributed by atoms with Crippen molar-refractivity contribution in [2.45, 2.75) is 89.8 Å². The second kappa shape index (κ2) is 10.8. The molecule has 186 valence electrons. The van der Waals surface area contributed by atoms with E-state index in [1.165, 1.54) is 37.8 Å². The van der Waals surface area contributed by atoms with E-state index in [-0.39, 0.29) is 36.3 Å². The summed E-state index contributed by atoms with van der Waals surface area (Å²) in [5.74, 6) is 1.41. The molecule has 35 heavy (non-hydrogen) atoms. The summed E-state index contributed by atoms with van der Waals surface area (Å²) in [5.41, 5.74) is 2.48. The molecule has 2 aliphatic carbocycles. The number of hydrogen-bond acceptors (Lipinski definition) is 3. The minimum atomic E-state index is -0.371. The minimum absolute atomic E-state index is 0.0734. The Bertz CT molecular complexity index is 1160. The van der Waals surface area contributed by atoms with Gasteiger partial charge >= 0.3 is 0 Å². The van der Waals surface area contributed by atoms with E-state index in [0.717, 1.165) is 55.4 Å². The molecular weight excluding hydrogens is 441 g/mol. The number of halogens is 1. The van der Waals surface area contributed by atoms with E-state index in [2.05, 4.69) is 9.88 Å². The van der Waals surface area contributed by atoms with Gasteiger partial charge in [-0.05, 0) is 68.4 Å². The van der Waals surface area contributed by atoms with Crippen LogP contribution in [0.4, 0.5) is 4.39 Å². The van der Waals surface area contributed by atoms with E-state index < -0.39 is 0 Å². The highest BCUT2D eigenvalue weighted by atomic mass is 19.1. The van der Waals surface area contributed by atoms with Gasteiger partial charge in [-0.15, -0.1) is 0 Å². The van der Waals surface area contributed by atoms with Crippen LogP contribution in [0.5, 0.6) is 5.75 Å². The monoisotopic (exact) mass is 477 g/mol. The summed E-state index contributed by atoms with van der Waals surface area (Å²) in [5, 5.41) is 3.39. The van der Waals surface area contributed by atoms with Gasteiger partial charge in [0.25, 0.3) is 0 Å². The number of aryl methyl sites for hydroxylation is 1. The number of imidazole rings is 1. The highest BCUT2D eigenvalue weighted by Gasteiger charge is 2.35. The van der Waals surface area contributed by atoms with Gasteiger partial charge in [0.2, 0.25) is 5.91 Å². The number of nitrogens with one attached hydrogen (secondary N) is 1. The average Bonchev–Trinajstić information content (AvgIpc) is 3.21. The Morgan fingerprint density at radius 1 is 1.06 bits per heavy atom. The maximum atomic E-state index is 14.1. The van der Waals surface area contributed by atoms with Crippen molar-refractivity contribution in [1.29, 1.82) is 0 Å². The van der Waals surface area contributed by atoms with Crippen LogP contribution in [0.2, 0.25) is 0 Å². The van der Waals surface area contributed by atoms with Crippen molar-refractivity contribution in [3.8, 4) is 5.75 Å². The molecule has 0 aliphatic heterocycles. The summed E-state index contributed by atoms with van der Waals surface area (Å²) in [7, 11) is 0. The van der Waals surface area contributed by atoms with E-state index in [1.54, 1.807) is 6.07 Å². The smallest absolute Gasteiger partial charge is 0.243 e. The summed E-state index contributed by atoms with van der Waals surface area (Å²) in [6, 6.07) is 12.4. The molecule has 0 spiro atoms. The lowest BCUT2D eigenvalue weighted by molar-refractivity contribution is -0.127. The summed E-state index contributed by atoms with van der Waals surface area (Å²) >= 11 is 0. The van der Waals surface area contributed by atoms with Crippen molar-refractivity contribution in [2.24, 2.45) is 5.92 Å². The molecule has 0 saturated heterocycles. The Labute approximate surface area is 207 Å². The number of ether oxygens (including phenoxy) is 1. The van der Waals surface area contributed by atoms with E-state index >= 15 is 0 Å². The first kappa shape index (κ1) is 23.8. The first-order chi connectivity index (χ1) is 17.1. The first-order valence-corrected chi connectivity index (χ1v) is 13.2. The quantitative estimate of drug-likeness (QED) is 0.415. The standard InChI is InChI=1S/C29H36FN3O2/c1-20-9-8-14-24(17-20)35-19-27-32-25-18-22(30)15-16-26(25)33(27)28(21-10-4-2-5-11-21)29(34)31-23-12-6-3-7-13-23/h8-9,14-18,21,23,28H,2-7,10-13,19H2,1H3,(H,31,34). The van der Waals surface area contributed by atoms with E-state index in [9.17, 15) is 9.18 Å². The minimum Gasteiger partial charge on any atom is -0.486 e. The zero-order valence-corrected chi connectivity index (χ0v) is 20.6. The zero-order valence-electron chi connectivity index (χ0n) is 20.6. The third-order valence-corrected chi connectivity index (χ3v) is 7.68. The molecule has 2 saturated carbocycles. The molecule has 1 aromatic heterocycles. The van der Waals surface area contributed by atoms with Crippen molar-refractivity contribution in [3.05, 3.63) is 59.7 Å². The fourth-order valence-corrected chi connectivity index (χ4v) is 5.91. The fourth-order valence-electron chi connectivity index (χ4n) is 5.91. The number of fused-ring (bicyclic) bond motifs is 1. The summed E-state index contributed by atoms with van der Waals surface area (Å²) in [4.78, 5) is 18.7. The Balaban J connectivity index is 1.52. The molecule has 0 bridgehead atoms. The number of aromatic nitrogens is 2. The number of carbonyl (C=O) groups excluding carboxylic acids is 1. The molecule has 1 atom stereocenters. The van der Waals surface area contributed by atoms with Crippen LogP contribution in [0.3, 0.4) is 0 Å². The van der Waals surface area contributed by atoms with Gasteiger partial charge in [-0.2, -0.15) is 0 Å². The number of rotatable bonds is 7. The van der Waals surface area contributed by atoms with Crippen molar-refractivity contribution in [3.63, 3.8) is 0 Å². The van der Waals surface area contributed by atoms with E-state index in [0.29, 0.717) is 11.3 Å². The number of nitrogens with zero attached hydrogens (tertiary/aromatic N) is 2. The van der Waals surface area contributed by atoms with Crippen LogP contribution in [-0.2, 0) is 11.4 Å². The van der Waals surface area contributed by atoms with Gasteiger partial charge in [-0.3, -0.25) is 4.79 Å². The predicted molar refractivity (Wildman–Crippen MR) is 136 cm³/mol. The molecule has 2 aromatic carbocycles. The predicted octanol–water partition coefficient (Wildman–Crippen LogP) is 6.63. The second-order valence-corrected chi connectivity index (χ2v) is 10.3. The molecular formula is C29H36FN3O2. The van der Waals surface area contributed by atoms with Crippen LogP contribution < -0.4 is 10.1 Å². The Hall–Kier alpha value is -2.89. The highest BCUT2D eigenvalue weighted by Crippen LogP contribution is 2.37. The third-order valence-electron chi connectivity index (χ3n) is 7.68. The second-order valence-electron chi connectivity index (χ2n) is 10.3. The van der Waals surface area contributed by atoms with Crippen LogP contribution in [0.1, 0.15) is 81.6 Å². The van der Waals surface area contributed by atoms with Crippen LogP contribution in [0.15, 0.2) is 42.5 Å². The lowest BCUT2D eigenvalue weighted by Gasteiger charge is -2.33. The van der Waals surface area contributed by atoms with E-state index in [1.807, 2.05) is 31.2 Å². The summed E-state index contributed by atoms with van der Waals surface area (Å²) in [6.07, 6.45) is 11.2. The number of amides is 1. The molecule has 6 heteroatoms. The molecule has 1 unspecified atom stereocenters. The maximum absolute atomic E-state index is 14.1. The zero-order chi connectivity index (χ0) is 24.2. The van der Waals surface area contributed by atoms with Gasteiger partial charge in [-0.1, -0.05) is 50.7 Å². The number of benzene rings is 2. The van der Waals surface area contributed by atoms with Gasteiger partial charge < -0.3 is 14.6 Å². The van der Waals surface area contributed by atoms with Crippen molar-refractivity contribution >= 4 is 16.9 Å². The van der Waals surface area contributed by atoms with Crippen LogP contribution in [0.25, 0.3) is 11.0 Å². The third kappa shape index (κ3) is 5.52. The van der Waals surface area contributed by atoms with E-state index in [4.69, 9.17) is 9.72 Å². The number of hydrogen-bond donors (Lipinski definition) is 1. The molecule has 1 N–H and O–H groups in total. The molecule has 3 aromatic rings. The Kier molecular flexibility index (Phi) is 7.35. The maximum Gasteiger partial charge on any atom is 0.243 e. The molecule has 0 radical (unpaired) electrons. The van der Waals surface area contributed by atoms with Gasteiger partial charge in [0, 0.05) is 12.1 Å². The SMILES string of the molecule is Cc1cccc(OCc2nc3cc(F)ccc3n2C(C(=O)NC2CCCCC2)C2CCCCC2)c1. The Morgan fingerprint density at radius 2 is 1.80 bits per heavy atom. The van der Waals surface area contributed by atoms with Crippen LogP contribution in [0, 0.1) is 18.7 Å². The molecule has 1 heterocycles. The van der Waals surface area contributed by atoms with Crippen LogP contribution >= 0.6 is 0 Å². The average molecular weight is 478 g/mol. The van der Waals surface area contributed by atoms with Crippen molar-refractivity contribution in [1.82, 2.24) is 14.9 Å². The Morgan fingerprint density at radius 3 is 2.54 bits per heavy atom.